The molecule has 0 bridgehead atoms. The average Bonchev–Trinajstić information content (AvgIpc) is 2.64. The predicted octanol–water partition coefficient (Wildman–Crippen LogP) is 3.35. The number of nitrogens with zero attached hydrogens (tertiary/aromatic N) is 1. The number of hydrogen-bond acceptors (Lipinski definition) is 4. The van der Waals surface area contributed by atoms with Gasteiger partial charge in [0.2, 0.25) is 10.0 Å². The van der Waals surface area contributed by atoms with Gasteiger partial charge in [-0.15, -0.1) is 0 Å². The van der Waals surface area contributed by atoms with E-state index >= 15 is 0 Å². The number of anilines is 1. The van der Waals surface area contributed by atoms with Crippen LogP contribution in [0.1, 0.15) is 25.0 Å². The third-order valence-corrected chi connectivity index (χ3v) is 6.39. The summed E-state index contributed by atoms with van der Waals surface area (Å²) in [6, 6.07) is 11.8. The van der Waals surface area contributed by atoms with Crippen molar-refractivity contribution >= 4 is 21.6 Å². The van der Waals surface area contributed by atoms with Gasteiger partial charge in [0, 0.05) is 18.8 Å². The van der Waals surface area contributed by atoms with Crippen molar-refractivity contribution in [3.63, 3.8) is 0 Å². The molecule has 2 aromatic carbocycles. The van der Waals surface area contributed by atoms with Gasteiger partial charge in [0.25, 0.3) is 5.91 Å². The van der Waals surface area contributed by atoms with Crippen molar-refractivity contribution in [2.45, 2.75) is 32.6 Å². The second-order valence-corrected chi connectivity index (χ2v) is 8.13. The van der Waals surface area contributed by atoms with Gasteiger partial charge in [-0.25, -0.2) is 8.42 Å². The summed E-state index contributed by atoms with van der Waals surface area (Å²) in [5.74, 6) is 0.154. The second-order valence-electron chi connectivity index (χ2n) is 6.20. The van der Waals surface area contributed by atoms with Gasteiger partial charge >= 0.3 is 0 Å². The minimum absolute atomic E-state index is 0.158. The van der Waals surface area contributed by atoms with Gasteiger partial charge in [-0.3, -0.25) is 4.79 Å². The Balaban J connectivity index is 1.96. The average molecular weight is 391 g/mol. The molecular formula is C20H26N2O4S. The minimum atomic E-state index is -3.50. The van der Waals surface area contributed by atoms with E-state index < -0.39 is 10.0 Å². The van der Waals surface area contributed by atoms with Gasteiger partial charge in [-0.1, -0.05) is 19.9 Å². The zero-order chi connectivity index (χ0) is 20.0. The summed E-state index contributed by atoms with van der Waals surface area (Å²) in [4.78, 5) is 12.2. The molecule has 6 nitrogen and oxygen atoms in total. The number of nitrogens with one attached hydrogen (secondary N) is 1. The first-order valence-corrected chi connectivity index (χ1v) is 10.3. The summed E-state index contributed by atoms with van der Waals surface area (Å²) in [5, 5.41) is 2.78. The highest BCUT2D eigenvalue weighted by Crippen LogP contribution is 2.20. The molecule has 2 aromatic rings. The smallest absolute Gasteiger partial charge is 0.262 e. The molecule has 0 radical (unpaired) electrons. The zero-order valence-electron chi connectivity index (χ0n) is 16.2. The standard InChI is InChI=1S/C20H26N2O4S/c1-5-22(6-2)27(24,25)19-11-9-18(10-12-19)26-14-20(23)21-17-8-7-15(3)16(4)13-17/h7-13H,5-6,14H2,1-4H3,(H,21,23). The van der Waals surface area contributed by atoms with Crippen LogP contribution in [0.2, 0.25) is 0 Å². The molecule has 0 atom stereocenters. The number of hydrogen-bond donors (Lipinski definition) is 1. The molecule has 27 heavy (non-hydrogen) atoms. The van der Waals surface area contributed by atoms with Gasteiger partial charge in [0.1, 0.15) is 5.75 Å². The molecule has 0 fully saturated rings. The minimum Gasteiger partial charge on any atom is -0.484 e. The Labute approximate surface area is 161 Å². The normalized spacial score (nSPS) is 11.4. The Bertz CT molecular complexity index is 889. The van der Waals surface area contributed by atoms with Crippen LogP contribution in [0, 0.1) is 13.8 Å². The lowest BCUT2D eigenvalue weighted by atomic mass is 10.1. The van der Waals surface area contributed by atoms with E-state index in [0.29, 0.717) is 24.5 Å². The molecule has 0 aromatic heterocycles. The summed E-state index contributed by atoms with van der Waals surface area (Å²) in [5.41, 5.74) is 2.97. The fourth-order valence-corrected chi connectivity index (χ4v) is 4.04. The van der Waals surface area contributed by atoms with Crippen LogP contribution in [0.5, 0.6) is 5.75 Å². The van der Waals surface area contributed by atoms with Crippen molar-refractivity contribution < 1.29 is 17.9 Å². The summed E-state index contributed by atoms with van der Waals surface area (Å²) >= 11 is 0. The van der Waals surface area contributed by atoms with Crippen LogP contribution >= 0.6 is 0 Å². The van der Waals surface area contributed by atoms with E-state index in [2.05, 4.69) is 5.32 Å². The van der Waals surface area contributed by atoms with Crippen molar-refractivity contribution in [1.82, 2.24) is 4.31 Å². The third-order valence-electron chi connectivity index (χ3n) is 4.33. The Morgan fingerprint density at radius 3 is 2.19 bits per heavy atom. The molecule has 0 aliphatic heterocycles. The number of sulfonamides is 1. The monoisotopic (exact) mass is 390 g/mol. The van der Waals surface area contributed by atoms with Gasteiger partial charge < -0.3 is 10.1 Å². The first kappa shape index (κ1) is 20.9. The molecule has 2 rings (SSSR count). The first-order chi connectivity index (χ1) is 12.8. The van der Waals surface area contributed by atoms with Crippen LogP contribution in [0.4, 0.5) is 5.69 Å². The van der Waals surface area contributed by atoms with Crippen LogP contribution in [0.15, 0.2) is 47.4 Å². The molecular weight excluding hydrogens is 364 g/mol. The van der Waals surface area contributed by atoms with E-state index in [1.807, 2.05) is 32.0 Å². The molecule has 0 heterocycles. The first-order valence-electron chi connectivity index (χ1n) is 8.88. The van der Waals surface area contributed by atoms with Crippen LogP contribution in [0.3, 0.4) is 0 Å². The van der Waals surface area contributed by atoms with Gasteiger partial charge in [-0.2, -0.15) is 4.31 Å². The van der Waals surface area contributed by atoms with Crippen LogP contribution in [0.25, 0.3) is 0 Å². The molecule has 0 spiro atoms. The molecule has 0 saturated carbocycles. The van der Waals surface area contributed by atoms with Gasteiger partial charge in [0.05, 0.1) is 4.90 Å². The molecule has 1 amide bonds. The van der Waals surface area contributed by atoms with Crippen molar-refractivity contribution in [2.75, 3.05) is 25.0 Å². The maximum absolute atomic E-state index is 12.4. The molecule has 0 unspecified atom stereocenters. The lowest BCUT2D eigenvalue weighted by Gasteiger charge is -2.18. The third kappa shape index (κ3) is 5.30. The highest BCUT2D eigenvalue weighted by Gasteiger charge is 2.21. The lowest BCUT2D eigenvalue weighted by Crippen LogP contribution is -2.30. The van der Waals surface area contributed by atoms with E-state index in [9.17, 15) is 13.2 Å². The quantitative estimate of drug-likeness (QED) is 0.750. The van der Waals surface area contributed by atoms with Crippen molar-refractivity contribution in [3.05, 3.63) is 53.6 Å². The largest absolute Gasteiger partial charge is 0.484 e. The number of carbonyl (C=O) groups is 1. The maximum atomic E-state index is 12.4. The number of aryl methyl sites for hydroxylation is 2. The molecule has 146 valence electrons. The number of ether oxygens (including phenoxy) is 1. The van der Waals surface area contributed by atoms with E-state index in [4.69, 9.17) is 4.74 Å². The summed E-state index contributed by atoms with van der Waals surface area (Å²) < 4.78 is 31.7. The molecule has 1 N–H and O–H groups in total. The van der Waals surface area contributed by atoms with Crippen molar-refractivity contribution in [2.24, 2.45) is 0 Å². The second kappa shape index (κ2) is 9.01. The summed E-state index contributed by atoms with van der Waals surface area (Å²) in [6.45, 7) is 8.25. The maximum Gasteiger partial charge on any atom is 0.262 e. The number of rotatable bonds is 8. The lowest BCUT2D eigenvalue weighted by molar-refractivity contribution is -0.118. The fourth-order valence-electron chi connectivity index (χ4n) is 2.59. The molecule has 7 heteroatoms. The van der Waals surface area contributed by atoms with Crippen LogP contribution < -0.4 is 10.1 Å². The van der Waals surface area contributed by atoms with E-state index in [-0.39, 0.29) is 17.4 Å². The Hall–Kier alpha value is -2.38. The summed E-state index contributed by atoms with van der Waals surface area (Å²) in [6.07, 6.45) is 0. The topological polar surface area (TPSA) is 75.7 Å². The number of carbonyl (C=O) groups excluding carboxylic acids is 1. The Morgan fingerprint density at radius 1 is 1.00 bits per heavy atom. The number of amides is 1. The highest BCUT2D eigenvalue weighted by atomic mass is 32.2. The van der Waals surface area contributed by atoms with Crippen LogP contribution in [-0.4, -0.2) is 38.3 Å². The Kier molecular flexibility index (Phi) is 6.98. The van der Waals surface area contributed by atoms with E-state index in [1.54, 1.807) is 26.0 Å². The van der Waals surface area contributed by atoms with E-state index in [1.165, 1.54) is 16.4 Å². The van der Waals surface area contributed by atoms with E-state index in [0.717, 1.165) is 11.1 Å². The molecule has 0 saturated heterocycles. The Morgan fingerprint density at radius 2 is 1.63 bits per heavy atom. The fraction of sp³-hybridized carbons (Fsp3) is 0.350. The zero-order valence-corrected chi connectivity index (χ0v) is 17.0. The number of benzene rings is 2. The van der Waals surface area contributed by atoms with Crippen molar-refractivity contribution in [3.8, 4) is 5.75 Å². The summed E-state index contributed by atoms with van der Waals surface area (Å²) in [7, 11) is -3.50. The molecule has 0 aliphatic carbocycles. The SMILES string of the molecule is CCN(CC)S(=O)(=O)c1ccc(OCC(=O)Nc2ccc(C)c(C)c2)cc1. The predicted molar refractivity (Wildman–Crippen MR) is 107 cm³/mol. The van der Waals surface area contributed by atoms with Gasteiger partial charge in [0.15, 0.2) is 6.61 Å². The highest BCUT2D eigenvalue weighted by molar-refractivity contribution is 7.89. The molecule has 0 aliphatic rings. The van der Waals surface area contributed by atoms with Gasteiger partial charge in [-0.05, 0) is 61.4 Å². The van der Waals surface area contributed by atoms with Crippen molar-refractivity contribution in [1.29, 1.82) is 0 Å². The van der Waals surface area contributed by atoms with Crippen LogP contribution in [-0.2, 0) is 14.8 Å².